The monoisotopic (exact) mass is 344 g/mol. The molecule has 1 atom stereocenters. The fourth-order valence-corrected chi connectivity index (χ4v) is 3.02. The maximum atomic E-state index is 12.1. The Morgan fingerprint density at radius 1 is 1.45 bits per heavy atom. The molecule has 1 aromatic rings. The Morgan fingerprint density at radius 2 is 2.27 bits per heavy atom. The fourth-order valence-electron chi connectivity index (χ4n) is 2.67. The molecule has 1 heterocycles. The summed E-state index contributed by atoms with van der Waals surface area (Å²) in [5.74, 6) is 1.35. The third-order valence-electron chi connectivity index (χ3n) is 3.84. The SMILES string of the molecule is CNCC1CCN(C(=O)CCCOc2cccc(Cl)c2Cl)C1. The number of nitrogens with one attached hydrogen (secondary N) is 1. The van der Waals surface area contributed by atoms with Gasteiger partial charge < -0.3 is 15.0 Å². The van der Waals surface area contributed by atoms with E-state index < -0.39 is 0 Å². The zero-order valence-corrected chi connectivity index (χ0v) is 14.3. The largest absolute Gasteiger partial charge is 0.492 e. The van der Waals surface area contributed by atoms with Crippen LogP contribution in [0.5, 0.6) is 5.75 Å². The number of benzene rings is 1. The Labute approximate surface area is 141 Å². The molecule has 1 fully saturated rings. The molecule has 1 unspecified atom stereocenters. The highest BCUT2D eigenvalue weighted by molar-refractivity contribution is 6.42. The second-order valence-corrected chi connectivity index (χ2v) is 6.34. The van der Waals surface area contributed by atoms with Crippen LogP contribution in [0, 0.1) is 5.92 Å². The summed E-state index contributed by atoms with van der Waals surface area (Å²) in [5.41, 5.74) is 0. The molecular formula is C16H22Cl2N2O2. The average molecular weight is 345 g/mol. The van der Waals surface area contributed by atoms with Crippen LogP contribution in [0.1, 0.15) is 19.3 Å². The van der Waals surface area contributed by atoms with E-state index >= 15 is 0 Å². The van der Waals surface area contributed by atoms with Gasteiger partial charge in [0.1, 0.15) is 10.8 Å². The minimum absolute atomic E-state index is 0.208. The number of hydrogen-bond acceptors (Lipinski definition) is 3. The van der Waals surface area contributed by atoms with Crippen LogP contribution < -0.4 is 10.1 Å². The summed E-state index contributed by atoms with van der Waals surface area (Å²) in [4.78, 5) is 14.1. The van der Waals surface area contributed by atoms with Gasteiger partial charge in [0.15, 0.2) is 0 Å². The summed E-state index contributed by atoms with van der Waals surface area (Å²) in [7, 11) is 1.95. The van der Waals surface area contributed by atoms with Crippen molar-refractivity contribution in [2.75, 3.05) is 33.3 Å². The van der Waals surface area contributed by atoms with Crippen molar-refractivity contribution in [3.63, 3.8) is 0 Å². The van der Waals surface area contributed by atoms with E-state index in [4.69, 9.17) is 27.9 Å². The molecule has 1 N–H and O–H groups in total. The number of carbonyl (C=O) groups excluding carboxylic acids is 1. The van der Waals surface area contributed by atoms with Crippen LogP contribution in [0.4, 0.5) is 0 Å². The lowest BCUT2D eigenvalue weighted by Gasteiger charge is -2.16. The molecule has 2 rings (SSSR count). The van der Waals surface area contributed by atoms with Crippen LogP contribution in [-0.2, 0) is 4.79 Å². The summed E-state index contributed by atoms with van der Waals surface area (Å²) >= 11 is 12.0. The van der Waals surface area contributed by atoms with Crippen molar-refractivity contribution in [2.24, 2.45) is 5.92 Å². The Morgan fingerprint density at radius 3 is 3.05 bits per heavy atom. The van der Waals surface area contributed by atoms with Gasteiger partial charge in [-0.05, 0) is 44.5 Å². The van der Waals surface area contributed by atoms with Crippen molar-refractivity contribution in [2.45, 2.75) is 19.3 Å². The van der Waals surface area contributed by atoms with Crippen molar-refractivity contribution in [1.82, 2.24) is 10.2 Å². The van der Waals surface area contributed by atoms with Crippen molar-refractivity contribution in [3.05, 3.63) is 28.2 Å². The second kappa shape index (κ2) is 8.61. The summed E-state index contributed by atoms with van der Waals surface area (Å²) in [6.07, 6.45) is 2.26. The Kier molecular flexibility index (Phi) is 6.80. The quantitative estimate of drug-likeness (QED) is 0.772. The minimum atomic E-state index is 0.208. The number of likely N-dealkylation sites (tertiary alicyclic amines) is 1. The molecule has 0 saturated carbocycles. The van der Waals surface area contributed by atoms with Crippen molar-refractivity contribution in [3.8, 4) is 5.75 Å². The predicted octanol–water partition coefficient (Wildman–Crippen LogP) is 3.22. The zero-order chi connectivity index (χ0) is 15.9. The Hall–Kier alpha value is -0.970. The molecule has 1 aliphatic rings. The molecule has 122 valence electrons. The molecule has 0 spiro atoms. The van der Waals surface area contributed by atoms with Crippen molar-refractivity contribution >= 4 is 29.1 Å². The van der Waals surface area contributed by atoms with Crippen molar-refractivity contribution in [1.29, 1.82) is 0 Å². The van der Waals surface area contributed by atoms with E-state index in [1.165, 1.54) is 0 Å². The molecule has 0 aromatic heterocycles. The van der Waals surface area contributed by atoms with E-state index in [-0.39, 0.29) is 5.91 Å². The number of halogens is 2. The molecule has 0 aliphatic carbocycles. The molecular weight excluding hydrogens is 323 g/mol. The van der Waals surface area contributed by atoms with Crippen LogP contribution >= 0.6 is 23.2 Å². The highest BCUT2D eigenvalue weighted by Gasteiger charge is 2.25. The first-order valence-corrected chi connectivity index (χ1v) is 8.36. The van der Waals surface area contributed by atoms with Gasteiger partial charge in [0.2, 0.25) is 5.91 Å². The van der Waals surface area contributed by atoms with E-state index in [9.17, 15) is 4.79 Å². The van der Waals surface area contributed by atoms with Gasteiger partial charge in [-0.1, -0.05) is 29.3 Å². The lowest BCUT2D eigenvalue weighted by atomic mass is 10.1. The van der Waals surface area contributed by atoms with Gasteiger partial charge in [-0.15, -0.1) is 0 Å². The maximum absolute atomic E-state index is 12.1. The molecule has 1 aromatic carbocycles. The first-order valence-electron chi connectivity index (χ1n) is 7.61. The smallest absolute Gasteiger partial charge is 0.222 e. The minimum Gasteiger partial charge on any atom is -0.492 e. The first-order chi connectivity index (χ1) is 10.6. The van der Waals surface area contributed by atoms with Gasteiger partial charge >= 0.3 is 0 Å². The Balaban J connectivity index is 1.68. The predicted molar refractivity (Wildman–Crippen MR) is 89.8 cm³/mol. The summed E-state index contributed by atoms with van der Waals surface area (Å²) in [5, 5.41) is 4.06. The second-order valence-electron chi connectivity index (χ2n) is 5.56. The summed E-state index contributed by atoms with van der Waals surface area (Å²) in [6.45, 7) is 3.16. The van der Waals surface area contributed by atoms with E-state index in [1.54, 1.807) is 18.2 Å². The van der Waals surface area contributed by atoms with Gasteiger partial charge in [0, 0.05) is 19.5 Å². The average Bonchev–Trinajstić information content (AvgIpc) is 2.96. The number of amides is 1. The van der Waals surface area contributed by atoms with E-state index in [1.807, 2.05) is 11.9 Å². The van der Waals surface area contributed by atoms with Crippen LogP contribution in [0.3, 0.4) is 0 Å². The molecule has 4 nitrogen and oxygen atoms in total. The molecule has 6 heteroatoms. The van der Waals surface area contributed by atoms with Crippen LogP contribution in [0.2, 0.25) is 10.0 Å². The fraction of sp³-hybridized carbons (Fsp3) is 0.562. The number of carbonyl (C=O) groups is 1. The third-order valence-corrected chi connectivity index (χ3v) is 4.64. The number of nitrogens with zero attached hydrogens (tertiary/aromatic N) is 1. The van der Waals surface area contributed by atoms with Gasteiger partial charge in [-0.25, -0.2) is 0 Å². The zero-order valence-electron chi connectivity index (χ0n) is 12.8. The first kappa shape index (κ1) is 17.4. The van der Waals surface area contributed by atoms with Crippen LogP contribution in [0.15, 0.2) is 18.2 Å². The molecule has 1 saturated heterocycles. The van der Waals surface area contributed by atoms with Gasteiger partial charge in [-0.3, -0.25) is 4.79 Å². The lowest BCUT2D eigenvalue weighted by molar-refractivity contribution is -0.130. The third kappa shape index (κ3) is 4.77. The highest BCUT2D eigenvalue weighted by atomic mass is 35.5. The summed E-state index contributed by atoms with van der Waals surface area (Å²) < 4.78 is 5.59. The molecule has 1 amide bonds. The summed E-state index contributed by atoms with van der Waals surface area (Å²) in [6, 6.07) is 5.29. The normalized spacial score (nSPS) is 17.8. The number of ether oxygens (including phenoxy) is 1. The van der Waals surface area contributed by atoms with Gasteiger partial charge in [0.25, 0.3) is 0 Å². The molecule has 0 bridgehead atoms. The molecule has 22 heavy (non-hydrogen) atoms. The van der Waals surface area contributed by atoms with E-state index in [2.05, 4.69) is 5.32 Å². The van der Waals surface area contributed by atoms with Crippen LogP contribution in [-0.4, -0.2) is 44.1 Å². The topological polar surface area (TPSA) is 41.6 Å². The highest BCUT2D eigenvalue weighted by Crippen LogP contribution is 2.31. The van der Waals surface area contributed by atoms with Crippen LogP contribution in [0.25, 0.3) is 0 Å². The number of hydrogen-bond donors (Lipinski definition) is 1. The number of rotatable bonds is 7. The van der Waals surface area contributed by atoms with E-state index in [0.29, 0.717) is 41.2 Å². The van der Waals surface area contributed by atoms with Gasteiger partial charge in [0.05, 0.1) is 11.6 Å². The van der Waals surface area contributed by atoms with E-state index in [0.717, 1.165) is 26.1 Å². The standard InChI is InChI=1S/C16H22Cl2N2O2/c1-19-10-12-7-8-20(11-12)15(21)6-3-9-22-14-5-2-4-13(17)16(14)18/h2,4-5,12,19H,3,6-11H2,1H3. The maximum Gasteiger partial charge on any atom is 0.222 e. The molecule has 0 radical (unpaired) electrons. The lowest BCUT2D eigenvalue weighted by Crippen LogP contribution is -2.30. The molecule has 1 aliphatic heterocycles. The van der Waals surface area contributed by atoms with Crippen molar-refractivity contribution < 1.29 is 9.53 Å². The van der Waals surface area contributed by atoms with Gasteiger partial charge in [-0.2, -0.15) is 0 Å². The Bertz CT molecular complexity index is 511.